The van der Waals surface area contributed by atoms with Crippen LogP contribution < -0.4 is 0 Å². The molecule has 0 heterocycles. The molecular weight excluding hydrogens is 192 g/mol. The third kappa shape index (κ3) is 6.39. The topological polar surface area (TPSA) is 54.4 Å². The molecule has 1 N–H and O–H groups in total. The van der Waals surface area contributed by atoms with Crippen LogP contribution in [0.4, 0.5) is 0 Å². The van der Waals surface area contributed by atoms with Gasteiger partial charge in [-0.1, -0.05) is 35.1 Å². The van der Waals surface area contributed by atoms with E-state index in [-0.39, 0.29) is 43.7 Å². The Morgan fingerprint density at radius 2 is 1.53 bits per heavy atom. The van der Waals surface area contributed by atoms with Gasteiger partial charge in [0.2, 0.25) is 0 Å². The van der Waals surface area contributed by atoms with Crippen molar-refractivity contribution in [2.24, 2.45) is 11.8 Å². The number of Topliss-reactive ketones (excluding diaryl/α,β-unsaturated/α-hetero) is 2. The van der Waals surface area contributed by atoms with E-state index < -0.39 is 6.10 Å². The summed E-state index contributed by atoms with van der Waals surface area (Å²) in [5, 5.41) is 9.42. The summed E-state index contributed by atoms with van der Waals surface area (Å²) in [7, 11) is 0. The molecule has 3 nitrogen and oxygen atoms in total. The van der Waals surface area contributed by atoms with E-state index in [9.17, 15) is 14.7 Å². The van der Waals surface area contributed by atoms with Gasteiger partial charge in [0.15, 0.2) is 5.78 Å². The van der Waals surface area contributed by atoms with Gasteiger partial charge in [0.05, 0.1) is 0 Å². The van der Waals surface area contributed by atoms with Gasteiger partial charge in [-0.2, -0.15) is 0 Å². The zero-order chi connectivity index (χ0) is 11.3. The molecule has 0 aliphatic carbocycles. The number of aliphatic hydroxyl groups is 1. The van der Waals surface area contributed by atoms with Crippen LogP contribution in [-0.2, 0) is 9.59 Å². The summed E-state index contributed by atoms with van der Waals surface area (Å²) in [6.07, 6.45) is -0.427. The Bertz CT molecular complexity index is 207. The van der Waals surface area contributed by atoms with Crippen molar-refractivity contribution in [3.8, 4) is 0 Å². The highest BCUT2D eigenvalue weighted by Gasteiger charge is 2.19. The maximum atomic E-state index is 11.3. The van der Waals surface area contributed by atoms with Crippen LogP contribution in [0.25, 0.3) is 0 Å². The lowest BCUT2D eigenvalue weighted by Gasteiger charge is -2.11. The standard InChI is InChI=1S/C11H20O3.CH4/c1-7(2)9(12)5-6-10(13)11(14)8(3)4;/h7-8,10,13H,5-6H2,1-4H3;1H4. The summed E-state index contributed by atoms with van der Waals surface area (Å²) < 4.78 is 0. The van der Waals surface area contributed by atoms with E-state index in [1.165, 1.54) is 0 Å². The van der Waals surface area contributed by atoms with Crippen LogP contribution in [0.2, 0.25) is 0 Å². The second-order valence-corrected chi connectivity index (χ2v) is 4.23. The highest BCUT2D eigenvalue weighted by Crippen LogP contribution is 2.08. The lowest BCUT2D eigenvalue weighted by atomic mass is 9.97. The number of carbonyl (C=O) groups is 2. The molecule has 0 spiro atoms. The number of ketones is 2. The Labute approximate surface area is 92.9 Å². The number of aliphatic hydroxyl groups excluding tert-OH is 1. The molecule has 90 valence electrons. The molecule has 0 aromatic carbocycles. The number of carbonyl (C=O) groups excluding carboxylic acids is 2. The Morgan fingerprint density at radius 3 is 1.87 bits per heavy atom. The maximum absolute atomic E-state index is 11.3. The average Bonchev–Trinajstić information content (AvgIpc) is 2.11. The molecule has 0 saturated heterocycles. The molecule has 0 saturated carbocycles. The molecule has 1 atom stereocenters. The molecule has 3 heteroatoms. The largest absolute Gasteiger partial charge is 0.385 e. The molecule has 1 unspecified atom stereocenters. The van der Waals surface area contributed by atoms with Crippen LogP contribution in [0.5, 0.6) is 0 Å². The van der Waals surface area contributed by atoms with Gasteiger partial charge in [-0.15, -0.1) is 0 Å². The molecule has 0 aromatic heterocycles. The van der Waals surface area contributed by atoms with E-state index in [2.05, 4.69) is 0 Å². The third-order valence-corrected chi connectivity index (χ3v) is 2.21. The minimum atomic E-state index is -0.974. The first kappa shape index (κ1) is 16.7. The van der Waals surface area contributed by atoms with Crippen LogP contribution in [-0.4, -0.2) is 22.8 Å². The Morgan fingerprint density at radius 1 is 1.07 bits per heavy atom. The highest BCUT2D eigenvalue weighted by atomic mass is 16.3. The van der Waals surface area contributed by atoms with Crippen molar-refractivity contribution in [1.29, 1.82) is 0 Å². The van der Waals surface area contributed by atoms with Gasteiger partial charge in [-0.05, 0) is 6.42 Å². The molecule has 0 fully saturated rings. The minimum Gasteiger partial charge on any atom is -0.385 e. The van der Waals surface area contributed by atoms with Crippen molar-refractivity contribution in [2.75, 3.05) is 0 Å². The van der Waals surface area contributed by atoms with Crippen LogP contribution in [0.15, 0.2) is 0 Å². The first-order valence-electron chi connectivity index (χ1n) is 5.10. The van der Waals surface area contributed by atoms with Gasteiger partial charge in [-0.3, -0.25) is 9.59 Å². The molecule has 0 rings (SSSR count). The lowest BCUT2D eigenvalue weighted by molar-refractivity contribution is -0.131. The first-order chi connectivity index (χ1) is 6.36. The van der Waals surface area contributed by atoms with Crippen molar-refractivity contribution < 1.29 is 14.7 Å². The molecule has 15 heavy (non-hydrogen) atoms. The van der Waals surface area contributed by atoms with Crippen LogP contribution in [0.1, 0.15) is 48.0 Å². The minimum absolute atomic E-state index is 0. The predicted molar refractivity (Wildman–Crippen MR) is 61.7 cm³/mol. The van der Waals surface area contributed by atoms with E-state index in [4.69, 9.17) is 0 Å². The summed E-state index contributed by atoms with van der Waals surface area (Å²) in [6.45, 7) is 7.13. The zero-order valence-corrected chi connectivity index (χ0v) is 9.41. The Hall–Kier alpha value is -0.700. The van der Waals surface area contributed by atoms with E-state index in [0.717, 1.165) is 0 Å². The highest BCUT2D eigenvalue weighted by molar-refractivity contribution is 5.86. The fraction of sp³-hybridized carbons (Fsp3) is 0.833. The maximum Gasteiger partial charge on any atom is 0.163 e. The summed E-state index contributed by atoms with van der Waals surface area (Å²) in [5.74, 6) is -0.266. The van der Waals surface area contributed by atoms with Gasteiger partial charge < -0.3 is 5.11 Å². The first-order valence-corrected chi connectivity index (χ1v) is 5.10. The van der Waals surface area contributed by atoms with Crippen LogP contribution in [0, 0.1) is 11.8 Å². The van der Waals surface area contributed by atoms with E-state index >= 15 is 0 Å². The second kappa shape index (κ2) is 7.57. The Balaban J connectivity index is 0. The van der Waals surface area contributed by atoms with E-state index in [0.29, 0.717) is 0 Å². The van der Waals surface area contributed by atoms with Crippen LogP contribution >= 0.6 is 0 Å². The van der Waals surface area contributed by atoms with Gasteiger partial charge >= 0.3 is 0 Å². The van der Waals surface area contributed by atoms with Crippen molar-refractivity contribution in [3.63, 3.8) is 0 Å². The van der Waals surface area contributed by atoms with Crippen molar-refractivity contribution >= 4 is 11.6 Å². The number of hydrogen-bond donors (Lipinski definition) is 1. The molecule has 0 aliphatic rings. The van der Waals surface area contributed by atoms with Crippen molar-refractivity contribution in [2.45, 2.75) is 54.1 Å². The Kier molecular flexibility index (Phi) is 8.44. The SMILES string of the molecule is C.CC(C)C(=O)CCC(O)C(=O)C(C)C. The molecule has 0 aliphatic heterocycles. The molecule has 0 bridgehead atoms. The quantitative estimate of drug-likeness (QED) is 0.740. The normalized spacial score (nSPS) is 12.5. The molecular formula is C12H24O3. The second-order valence-electron chi connectivity index (χ2n) is 4.23. The third-order valence-electron chi connectivity index (χ3n) is 2.21. The zero-order valence-electron chi connectivity index (χ0n) is 9.41. The summed E-state index contributed by atoms with van der Waals surface area (Å²) in [6, 6.07) is 0. The van der Waals surface area contributed by atoms with Crippen molar-refractivity contribution in [1.82, 2.24) is 0 Å². The number of rotatable bonds is 6. The fourth-order valence-electron chi connectivity index (χ4n) is 1.09. The van der Waals surface area contributed by atoms with E-state index in [1.54, 1.807) is 13.8 Å². The molecule has 0 radical (unpaired) electrons. The van der Waals surface area contributed by atoms with Crippen LogP contribution in [0.3, 0.4) is 0 Å². The summed E-state index contributed by atoms with van der Waals surface area (Å²) in [5.41, 5.74) is 0. The molecule has 0 amide bonds. The molecule has 0 aromatic rings. The van der Waals surface area contributed by atoms with Gasteiger partial charge in [0.1, 0.15) is 11.9 Å². The van der Waals surface area contributed by atoms with Gasteiger partial charge in [-0.25, -0.2) is 0 Å². The van der Waals surface area contributed by atoms with Gasteiger partial charge in [0.25, 0.3) is 0 Å². The smallest absolute Gasteiger partial charge is 0.163 e. The lowest BCUT2D eigenvalue weighted by Crippen LogP contribution is -2.26. The predicted octanol–water partition coefficient (Wildman–Crippen LogP) is 2.21. The summed E-state index contributed by atoms with van der Waals surface area (Å²) in [4.78, 5) is 22.5. The van der Waals surface area contributed by atoms with Crippen molar-refractivity contribution in [3.05, 3.63) is 0 Å². The van der Waals surface area contributed by atoms with E-state index in [1.807, 2.05) is 13.8 Å². The monoisotopic (exact) mass is 216 g/mol. The number of hydrogen-bond acceptors (Lipinski definition) is 3. The van der Waals surface area contributed by atoms with Gasteiger partial charge in [0, 0.05) is 18.3 Å². The summed E-state index contributed by atoms with van der Waals surface area (Å²) >= 11 is 0. The fourth-order valence-corrected chi connectivity index (χ4v) is 1.09. The average molecular weight is 216 g/mol.